The summed E-state index contributed by atoms with van der Waals surface area (Å²) in [6.45, 7) is 5.34. The number of phenols is 1. The van der Waals surface area contributed by atoms with Gasteiger partial charge in [-0.2, -0.15) is 0 Å². The molecule has 0 aliphatic carbocycles. The second kappa shape index (κ2) is 5.17. The largest absolute Gasteiger partial charge is 0.508 e. The molecule has 1 aromatic rings. The summed E-state index contributed by atoms with van der Waals surface area (Å²) in [5.74, 6) is 0.340. The van der Waals surface area contributed by atoms with E-state index < -0.39 is 0 Å². The predicted octanol–water partition coefficient (Wildman–Crippen LogP) is 1.90. The first-order chi connectivity index (χ1) is 7.65. The van der Waals surface area contributed by atoms with Crippen molar-refractivity contribution in [2.45, 2.75) is 6.54 Å². The molecular formula is C12H17BrN2O. The lowest BCUT2D eigenvalue weighted by molar-refractivity contribution is 0.148. The summed E-state index contributed by atoms with van der Waals surface area (Å²) in [7, 11) is 2.15. The Bertz CT molecular complexity index is 362. The van der Waals surface area contributed by atoms with Gasteiger partial charge in [-0.3, -0.25) is 4.90 Å². The molecule has 0 atom stereocenters. The lowest BCUT2D eigenvalue weighted by atomic mass is 10.2. The van der Waals surface area contributed by atoms with Gasteiger partial charge >= 0.3 is 0 Å². The third kappa shape index (κ3) is 2.97. The Morgan fingerprint density at radius 2 is 1.94 bits per heavy atom. The van der Waals surface area contributed by atoms with Crippen LogP contribution in [0.4, 0.5) is 0 Å². The van der Waals surface area contributed by atoms with Crippen molar-refractivity contribution in [2.75, 3.05) is 33.2 Å². The van der Waals surface area contributed by atoms with E-state index in [2.05, 4.69) is 32.8 Å². The van der Waals surface area contributed by atoms with Crippen molar-refractivity contribution in [2.24, 2.45) is 0 Å². The van der Waals surface area contributed by atoms with Crippen LogP contribution in [0.15, 0.2) is 22.7 Å². The Balaban J connectivity index is 2.00. The molecule has 1 aliphatic rings. The summed E-state index contributed by atoms with van der Waals surface area (Å²) < 4.78 is 1.07. The van der Waals surface area contributed by atoms with Crippen LogP contribution in [0.5, 0.6) is 5.75 Å². The average Bonchev–Trinajstić information content (AvgIpc) is 2.27. The van der Waals surface area contributed by atoms with Crippen LogP contribution in [0.1, 0.15) is 5.56 Å². The molecule has 0 aromatic heterocycles. The molecule has 0 amide bonds. The lowest BCUT2D eigenvalue weighted by Crippen LogP contribution is -2.43. The SMILES string of the molecule is CN1CCN(Cc2cc(O)ccc2Br)CC1. The number of piperazine rings is 1. The number of rotatable bonds is 2. The van der Waals surface area contributed by atoms with E-state index in [1.807, 2.05) is 12.1 Å². The number of hydrogen-bond donors (Lipinski definition) is 1. The van der Waals surface area contributed by atoms with E-state index in [-0.39, 0.29) is 0 Å². The number of hydrogen-bond acceptors (Lipinski definition) is 3. The maximum atomic E-state index is 9.46. The van der Waals surface area contributed by atoms with Crippen LogP contribution >= 0.6 is 15.9 Å². The topological polar surface area (TPSA) is 26.7 Å². The molecule has 0 bridgehead atoms. The summed E-state index contributed by atoms with van der Waals surface area (Å²) in [6, 6.07) is 5.45. The molecule has 1 heterocycles. The van der Waals surface area contributed by atoms with Crippen LogP contribution < -0.4 is 0 Å². The van der Waals surface area contributed by atoms with Crippen LogP contribution in [-0.4, -0.2) is 48.1 Å². The molecule has 3 nitrogen and oxygen atoms in total. The zero-order valence-corrected chi connectivity index (χ0v) is 11.1. The highest BCUT2D eigenvalue weighted by Gasteiger charge is 2.14. The fraction of sp³-hybridized carbons (Fsp3) is 0.500. The molecule has 1 N–H and O–H groups in total. The molecule has 1 saturated heterocycles. The second-order valence-electron chi connectivity index (χ2n) is 4.36. The first-order valence-corrected chi connectivity index (χ1v) is 6.33. The molecule has 0 spiro atoms. The van der Waals surface area contributed by atoms with E-state index in [0.29, 0.717) is 5.75 Å². The molecule has 88 valence electrons. The standard InChI is InChI=1S/C12H17BrN2O/c1-14-4-6-15(7-5-14)9-10-8-11(16)2-3-12(10)13/h2-3,8,16H,4-7,9H2,1H3. The quantitative estimate of drug-likeness (QED) is 0.899. The van der Waals surface area contributed by atoms with E-state index in [4.69, 9.17) is 0 Å². The highest BCUT2D eigenvalue weighted by atomic mass is 79.9. The Kier molecular flexibility index (Phi) is 3.84. The van der Waals surface area contributed by atoms with Gasteiger partial charge in [-0.05, 0) is 30.8 Å². The van der Waals surface area contributed by atoms with Crippen LogP contribution in [-0.2, 0) is 6.54 Å². The van der Waals surface area contributed by atoms with Gasteiger partial charge in [0.05, 0.1) is 0 Å². The molecular weight excluding hydrogens is 268 g/mol. The summed E-state index contributed by atoms with van der Waals surface area (Å²) in [5, 5.41) is 9.46. The van der Waals surface area contributed by atoms with E-state index >= 15 is 0 Å². The molecule has 0 saturated carbocycles. The van der Waals surface area contributed by atoms with E-state index in [1.54, 1.807) is 6.07 Å². The van der Waals surface area contributed by atoms with Gasteiger partial charge in [0.2, 0.25) is 0 Å². The van der Waals surface area contributed by atoms with Crippen LogP contribution in [0.3, 0.4) is 0 Å². The lowest BCUT2D eigenvalue weighted by Gasteiger charge is -2.32. The number of halogens is 1. The van der Waals surface area contributed by atoms with Crippen molar-refractivity contribution in [3.05, 3.63) is 28.2 Å². The van der Waals surface area contributed by atoms with Crippen molar-refractivity contribution in [1.29, 1.82) is 0 Å². The molecule has 16 heavy (non-hydrogen) atoms. The smallest absolute Gasteiger partial charge is 0.115 e. The minimum absolute atomic E-state index is 0.340. The third-order valence-electron chi connectivity index (χ3n) is 3.02. The van der Waals surface area contributed by atoms with E-state index in [9.17, 15) is 5.11 Å². The van der Waals surface area contributed by atoms with Gasteiger partial charge in [0.25, 0.3) is 0 Å². The average molecular weight is 285 g/mol. The Labute approximate surface area is 105 Å². The molecule has 0 radical (unpaired) electrons. The molecule has 1 aliphatic heterocycles. The molecule has 1 aromatic carbocycles. The molecule has 4 heteroatoms. The number of aromatic hydroxyl groups is 1. The van der Waals surface area contributed by atoms with Gasteiger partial charge in [0.15, 0.2) is 0 Å². The highest BCUT2D eigenvalue weighted by Crippen LogP contribution is 2.23. The molecule has 1 fully saturated rings. The zero-order valence-electron chi connectivity index (χ0n) is 9.49. The van der Waals surface area contributed by atoms with Crippen molar-refractivity contribution >= 4 is 15.9 Å². The minimum atomic E-state index is 0.340. The summed E-state index contributed by atoms with van der Waals surface area (Å²) in [5.41, 5.74) is 1.16. The van der Waals surface area contributed by atoms with Crippen molar-refractivity contribution in [3.63, 3.8) is 0 Å². The summed E-state index contributed by atoms with van der Waals surface area (Å²) in [4.78, 5) is 4.76. The third-order valence-corrected chi connectivity index (χ3v) is 3.79. The van der Waals surface area contributed by atoms with Gasteiger partial charge in [0, 0.05) is 37.2 Å². The van der Waals surface area contributed by atoms with Crippen LogP contribution in [0.25, 0.3) is 0 Å². The van der Waals surface area contributed by atoms with E-state index in [1.165, 1.54) is 0 Å². The van der Waals surface area contributed by atoms with Gasteiger partial charge in [-0.1, -0.05) is 15.9 Å². The number of likely N-dealkylation sites (N-methyl/N-ethyl adjacent to an activating group) is 1. The van der Waals surface area contributed by atoms with E-state index in [0.717, 1.165) is 42.8 Å². The number of phenolic OH excluding ortho intramolecular Hbond substituents is 1. The fourth-order valence-corrected chi connectivity index (χ4v) is 2.30. The second-order valence-corrected chi connectivity index (χ2v) is 5.21. The van der Waals surface area contributed by atoms with Crippen molar-refractivity contribution < 1.29 is 5.11 Å². The van der Waals surface area contributed by atoms with Crippen LogP contribution in [0, 0.1) is 0 Å². The Hall–Kier alpha value is -0.580. The summed E-state index contributed by atoms with van der Waals surface area (Å²) in [6.07, 6.45) is 0. The molecule has 2 rings (SSSR count). The van der Waals surface area contributed by atoms with Crippen LogP contribution in [0.2, 0.25) is 0 Å². The van der Waals surface area contributed by atoms with Crippen molar-refractivity contribution in [3.8, 4) is 5.75 Å². The zero-order chi connectivity index (χ0) is 11.5. The minimum Gasteiger partial charge on any atom is -0.508 e. The predicted molar refractivity (Wildman–Crippen MR) is 68.6 cm³/mol. The summed E-state index contributed by atoms with van der Waals surface area (Å²) >= 11 is 3.52. The first-order valence-electron chi connectivity index (χ1n) is 5.53. The molecule has 0 unspecified atom stereocenters. The number of benzene rings is 1. The highest BCUT2D eigenvalue weighted by molar-refractivity contribution is 9.10. The first kappa shape index (κ1) is 11.9. The van der Waals surface area contributed by atoms with Gasteiger partial charge in [-0.15, -0.1) is 0 Å². The van der Waals surface area contributed by atoms with Gasteiger partial charge in [-0.25, -0.2) is 0 Å². The Morgan fingerprint density at radius 1 is 1.25 bits per heavy atom. The van der Waals surface area contributed by atoms with Gasteiger partial charge in [0.1, 0.15) is 5.75 Å². The fourth-order valence-electron chi connectivity index (χ4n) is 1.93. The van der Waals surface area contributed by atoms with Crippen molar-refractivity contribution in [1.82, 2.24) is 9.80 Å². The number of nitrogens with zero attached hydrogens (tertiary/aromatic N) is 2. The maximum absolute atomic E-state index is 9.46. The maximum Gasteiger partial charge on any atom is 0.115 e. The monoisotopic (exact) mass is 284 g/mol. The van der Waals surface area contributed by atoms with Gasteiger partial charge < -0.3 is 10.0 Å². The normalized spacial score (nSPS) is 18.9. The Morgan fingerprint density at radius 3 is 2.62 bits per heavy atom.